The average Bonchev–Trinajstić information content (AvgIpc) is 3.25. The number of aliphatic hydroxyl groups excluding tert-OH is 1. The van der Waals surface area contributed by atoms with Crippen molar-refractivity contribution >= 4 is 23.6 Å². The van der Waals surface area contributed by atoms with Gasteiger partial charge in [-0.05, 0) is 38.6 Å². The molecule has 0 aromatic carbocycles. The Morgan fingerprint density at radius 1 is 1.42 bits per heavy atom. The predicted octanol–water partition coefficient (Wildman–Crippen LogP) is 1.26. The molecule has 3 aliphatic rings. The number of amides is 1. The van der Waals surface area contributed by atoms with Gasteiger partial charge >= 0.3 is 5.97 Å². The number of β-lactam (4-membered cyclic amide) rings is 1. The summed E-state index contributed by atoms with van der Waals surface area (Å²) < 4.78 is 0. The maximum absolute atomic E-state index is 12.5. The minimum atomic E-state index is -1.06. The van der Waals surface area contributed by atoms with Crippen LogP contribution in [0.2, 0.25) is 0 Å². The van der Waals surface area contributed by atoms with Gasteiger partial charge in [0.2, 0.25) is 5.91 Å². The molecule has 5 atom stereocenters. The Hall–Kier alpha value is -1.94. The number of likely N-dealkylation sites (tertiary alicyclic amines) is 1. The molecule has 0 spiro atoms. The van der Waals surface area contributed by atoms with E-state index in [0.717, 1.165) is 43.2 Å². The number of rotatable bonds is 8. The highest BCUT2D eigenvalue weighted by molar-refractivity contribution is 8.03. The highest BCUT2D eigenvalue weighted by atomic mass is 32.2. The fraction of sp³-hybridized carbons (Fsp3) is 0.591. The normalized spacial score (nSPS) is 29.3. The molecule has 9 heteroatoms. The summed E-state index contributed by atoms with van der Waals surface area (Å²) in [6.45, 7) is 6.96. The van der Waals surface area contributed by atoms with Crippen LogP contribution in [0.15, 0.2) is 28.9 Å². The summed E-state index contributed by atoms with van der Waals surface area (Å²) >= 11 is 1.60. The molecule has 1 unspecified atom stereocenters. The first-order valence-electron chi connectivity index (χ1n) is 10.8. The summed E-state index contributed by atoms with van der Waals surface area (Å²) in [5.74, 6) is -1.92. The van der Waals surface area contributed by atoms with Gasteiger partial charge in [0.15, 0.2) is 0 Å². The standard InChI is InChI=1S/C22H30N4O4S/c1-12-18-17(13(2)27)21(28)26(18)19(22(29)30)20(12)31-16-6-7-25(11-16)10-14-4-5-15(9-23-3)24-8-14/h4-5,8,12-13,16-18,23,27H,6-7,9-11H2,1-3H3,(H,29,30)/t12-,13-,16?,17-,18-/m1/s1. The molecule has 2 saturated heterocycles. The van der Waals surface area contributed by atoms with Crippen molar-refractivity contribution in [1.29, 1.82) is 0 Å². The van der Waals surface area contributed by atoms with Crippen molar-refractivity contribution in [3.05, 3.63) is 40.2 Å². The molecule has 0 saturated carbocycles. The molecule has 8 nitrogen and oxygen atoms in total. The summed E-state index contributed by atoms with van der Waals surface area (Å²) in [5, 5.41) is 23.2. The minimum Gasteiger partial charge on any atom is -0.477 e. The largest absolute Gasteiger partial charge is 0.477 e. The second-order valence-corrected chi connectivity index (χ2v) is 10.1. The van der Waals surface area contributed by atoms with Crippen LogP contribution >= 0.6 is 11.8 Å². The van der Waals surface area contributed by atoms with E-state index in [1.807, 2.05) is 26.2 Å². The number of aromatic nitrogens is 1. The van der Waals surface area contributed by atoms with Crippen LogP contribution in [-0.2, 0) is 22.7 Å². The fourth-order valence-corrected chi connectivity index (χ4v) is 6.51. The Balaban J connectivity index is 1.41. The highest BCUT2D eigenvalue weighted by Crippen LogP contribution is 2.51. The number of aliphatic carboxylic acids is 1. The summed E-state index contributed by atoms with van der Waals surface area (Å²) in [4.78, 5) is 33.5. The van der Waals surface area contributed by atoms with Crippen LogP contribution in [0.1, 0.15) is 31.5 Å². The van der Waals surface area contributed by atoms with Gasteiger partial charge in [-0.25, -0.2) is 4.79 Å². The van der Waals surface area contributed by atoms with Crippen LogP contribution in [0.3, 0.4) is 0 Å². The van der Waals surface area contributed by atoms with E-state index in [2.05, 4.69) is 21.3 Å². The van der Waals surface area contributed by atoms with E-state index in [4.69, 9.17) is 0 Å². The van der Waals surface area contributed by atoms with Gasteiger partial charge in [0.25, 0.3) is 0 Å². The van der Waals surface area contributed by atoms with Crippen LogP contribution in [0.4, 0.5) is 0 Å². The van der Waals surface area contributed by atoms with Crippen molar-refractivity contribution in [2.45, 2.75) is 50.8 Å². The molecule has 1 amide bonds. The summed E-state index contributed by atoms with van der Waals surface area (Å²) in [7, 11) is 1.90. The molecule has 4 rings (SSSR count). The van der Waals surface area contributed by atoms with Crippen molar-refractivity contribution in [3.63, 3.8) is 0 Å². The number of carboxylic acids is 1. The van der Waals surface area contributed by atoms with Crippen molar-refractivity contribution in [2.24, 2.45) is 11.8 Å². The lowest BCUT2D eigenvalue weighted by atomic mass is 9.79. The zero-order valence-electron chi connectivity index (χ0n) is 18.1. The maximum Gasteiger partial charge on any atom is 0.353 e. The molecule has 31 heavy (non-hydrogen) atoms. The van der Waals surface area contributed by atoms with Gasteiger partial charge in [0.05, 0.1) is 23.8 Å². The fourth-order valence-electron chi connectivity index (χ4n) is 4.99. The number of carbonyl (C=O) groups is 2. The lowest BCUT2D eigenvalue weighted by Gasteiger charge is -2.46. The lowest BCUT2D eigenvalue weighted by molar-refractivity contribution is -0.163. The number of hydrogen-bond donors (Lipinski definition) is 3. The van der Waals surface area contributed by atoms with E-state index in [-0.39, 0.29) is 28.8 Å². The van der Waals surface area contributed by atoms with Gasteiger partial charge in [-0.15, -0.1) is 11.8 Å². The molecule has 168 valence electrons. The van der Waals surface area contributed by atoms with E-state index < -0.39 is 18.0 Å². The number of nitrogens with one attached hydrogen (secondary N) is 1. The maximum atomic E-state index is 12.5. The molecule has 2 fully saturated rings. The molecule has 1 aromatic heterocycles. The van der Waals surface area contributed by atoms with Crippen molar-refractivity contribution in [2.75, 3.05) is 20.1 Å². The molecule has 3 N–H and O–H groups in total. The zero-order valence-corrected chi connectivity index (χ0v) is 18.9. The first-order valence-corrected chi connectivity index (χ1v) is 11.7. The van der Waals surface area contributed by atoms with Gasteiger partial charge in [0.1, 0.15) is 5.70 Å². The third-order valence-electron chi connectivity index (χ3n) is 6.48. The molecular weight excluding hydrogens is 416 g/mol. The molecular formula is C22H30N4O4S. The molecule has 0 bridgehead atoms. The third kappa shape index (κ3) is 4.11. The Labute approximate surface area is 186 Å². The number of nitrogens with zero attached hydrogens (tertiary/aromatic N) is 3. The van der Waals surface area contributed by atoms with Crippen LogP contribution in [0, 0.1) is 11.8 Å². The van der Waals surface area contributed by atoms with E-state index in [9.17, 15) is 19.8 Å². The average molecular weight is 447 g/mol. The van der Waals surface area contributed by atoms with Gasteiger partial charge < -0.3 is 20.4 Å². The van der Waals surface area contributed by atoms with Crippen LogP contribution in [-0.4, -0.2) is 74.4 Å². The van der Waals surface area contributed by atoms with Crippen LogP contribution in [0.25, 0.3) is 0 Å². The summed E-state index contributed by atoms with van der Waals surface area (Å²) in [5.41, 5.74) is 2.30. The number of aliphatic hydroxyl groups is 1. The molecule has 0 radical (unpaired) electrons. The number of pyridine rings is 1. The highest BCUT2D eigenvalue weighted by Gasteiger charge is 2.60. The number of hydrogen-bond acceptors (Lipinski definition) is 7. The van der Waals surface area contributed by atoms with Crippen LogP contribution < -0.4 is 5.32 Å². The topological polar surface area (TPSA) is 106 Å². The summed E-state index contributed by atoms with van der Waals surface area (Å²) in [6, 6.07) is 3.90. The van der Waals surface area contributed by atoms with Gasteiger partial charge in [0, 0.05) is 41.9 Å². The minimum absolute atomic E-state index is 0.0774. The van der Waals surface area contributed by atoms with Crippen molar-refractivity contribution < 1.29 is 19.8 Å². The smallest absolute Gasteiger partial charge is 0.353 e. The quantitative estimate of drug-likeness (QED) is 0.513. The lowest BCUT2D eigenvalue weighted by Crippen LogP contribution is -2.63. The second kappa shape index (κ2) is 8.90. The number of carbonyl (C=O) groups excluding carboxylic acids is 1. The van der Waals surface area contributed by atoms with Gasteiger partial charge in [-0.2, -0.15) is 0 Å². The third-order valence-corrected chi connectivity index (χ3v) is 8.02. The van der Waals surface area contributed by atoms with Gasteiger partial charge in [-0.1, -0.05) is 13.0 Å². The van der Waals surface area contributed by atoms with E-state index in [1.165, 1.54) is 10.5 Å². The predicted molar refractivity (Wildman–Crippen MR) is 118 cm³/mol. The first kappa shape index (κ1) is 22.3. The van der Waals surface area contributed by atoms with E-state index >= 15 is 0 Å². The molecule has 3 aliphatic heterocycles. The SMILES string of the molecule is CNCc1ccc(CN2CCC(SC3=C(C(=O)O)N4C(=O)[C@H]([C@@H](C)O)[C@H]4[C@H]3C)C2)cn1. The van der Waals surface area contributed by atoms with E-state index in [0.29, 0.717) is 0 Å². The van der Waals surface area contributed by atoms with Crippen LogP contribution in [0.5, 0.6) is 0 Å². The number of carboxylic acid groups (broad SMARTS) is 1. The zero-order chi connectivity index (χ0) is 22.3. The Morgan fingerprint density at radius 2 is 2.19 bits per heavy atom. The Kier molecular flexibility index (Phi) is 6.39. The summed E-state index contributed by atoms with van der Waals surface area (Å²) in [6.07, 6.45) is 2.12. The van der Waals surface area contributed by atoms with Crippen molar-refractivity contribution in [3.8, 4) is 0 Å². The monoisotopic (exact) mass is 446 g/mol. The number of thioether (sulfide) groups is 1. The van der Waals surface area contributed by atoms with E-state index in [1.54, 1.807) is 18.7 Å². The first-order chi connectivity index (χ1) is 14.8. The van der Waals surface area contributed by atoms with Crippen molar-refractivity contribution in [1.82, 2.24) is 20.1 Å². The molecule has 1 aromatic rings. The second-order valence-electron chi connectivity index (χ2n) is 8.72. The van der Waals surface area contributed by atoms with Gasteiger partial charge in [-0.3, -0.25) is 14.7 Å². The molecule has 0 aliphatic carbocycles. The Morgan fingerprint density at radius 3 is 2.81 bits per heavy atom. The number of fused-ring (bicyclic) bond motifs is 1. The Bertz CT molecular complexity index is 888. The molecule has 4 heterocycles.